The average Bonchev–Trinajstić information content (AvgIpc) is 2.32. The van der Waals surface area contributed by atoms with Crippen LogP contribution < -0.4 is 5.32 Å². The third-order valence-electron chi connectivity index (χ3n) is 2.21. The molecule has 1 aromatic rings. The lowest BCUT2D eigenvalue weighted by Gasteiger charge is -2.10. The number of carbonyl (C=O) groups excluding carboxylic acids is 1. The number of carbonyl (C=O) groups is 1. The summed E-state index contributed by atoms with van der Waals surface area (Å²) in [4.78, 5) is 16.2. The van der Waals surface area contributed by atoms with Crippen molar-refractivity contribution in [2.45, 2.75) is 25.2 Å². The van der Waals surface area contributed by atoms with Gasteiger partial charge in [-0.25, -0.2) is 0 Å². The zero-order valence-electron chi connectivity index (χ0n) is 9.90. The van der Waals surface area contributed by atoms with Crippen molar-refractivity contribution < 1.29 is 9.90 Å². The molecule has 0 atom stereocenters. The van der Waals surface area contributed by atoms with Crippen molar-refractivity contribution in [3.8, 4) is 5.75 Å². The fourth-order valence-corrected chi connectivity index (χ4v) is 1.66. The summed E-state index contributed by atoms with van der Waals surface area (Å²) < 4.78 is 0. The van der Waals surface area contributed by atoms with Gasteiger partial charge in [0, 0.05) is 29.5 Å². The van der Waals surface area contributed by atoms with Gasteiger partial charge in [-0.05, 0) is 13.0 Å². The lowest BCUT2D eigenvalue weighted by atomic mass is 10.1. The van der Waals surface area contributed by atoms with Crippen LogP contribution >= 0.6 is 12.6 Å². The minimum absolute atomic E-state index is 0.0343. The maximum absolute atomic E-state index is 11.6. The van der Waals surface area contributed by atoms with Gasteiger partial charge >= 0.3 is 0 Å². The van der Waals surface area contributed by atoms with Gasteiger partial charge in [-0.1, -0.05) is 6.92 Å². The van der Waals surface area contributed by atoms with E-state index in [1.807, 2.05) is 6.92 Å². The molecule has 92 valence electrons. The van der Waals surface area contributed by atoms with Gasteiger partial charge in [-0.3, -0.25) is 9.79 Å². The fourth-order valence-electron chi connectivity index (χ4n) is 1.34. The van der Waals surface area contributed by atoms with Crippen molar-refractivity contribution in [3.63, 3.8) is 0 Å². The molecular weight excluding hydrogens is 236 g/mol. The minimum atomic E-state index is -0.0543. The maximum Gasteiger partial charge on any atom is 0.163 e. The van der Waals surface area contributed by atoms with Crippen LogP contribution in [-0.2, 0) is 0 Å². The van der Waals surface area contributed by atoms with Gasteiger partial charge in [0.25, 0.3) is 0 Å². The molecule has 0 aliphatic rings. The van der Waals surface area contributed by atoms with Gasteiger partial charge in [0.2, 0.25) is 0 Å². The highest BCUT2D eigenvalue weighted by Gasteiger charge is 2.12. The molecule has 1 rings (SSSR count). The van der Waals surface area contributed by atoms with Crippen LogP contribution in [0.25, 0.3) is 0 Å². The molecule has 0 spiro atoms. The second kappa shape index (κ2) is 6.30. The molecule has 17 heavy (non-hydrogen) atoms. The van der Waals surface area contributed by atoms with Crippen LogP contribution in [0, 0.1) is 0 Å². The van der Waals surface area contributed by atoms with E-state index >= 15 is 0 Å². The van der Waals surface area contributed by atoms with Gasteiger partial charge in [0.15, 0.2) is 5.78 Å². The third-order valence-corrected chi connectivity index (χ3v) is 2.69. The van der Waals surface area contributed by atoms with Crippen LogP contribution in [-0.4, -0.2) is 23.8 Å². The molecule has 0 bridgehead atoms. The molecule has 0 unspecified atom stereocenters. The number of Topliss-reactive ketones (excluding diaryl/α,β-unsaturated/α-hetero) is 1. The first-order valence-corrected chi connectivity index (χ1v) is 5.88. The second-order valence-electron chi connectivity index (χ2n) is 3.44. The standard InChI is InChI=1S/C12H16N2O2S/c1-3-11(16)9-5-8(15)6-10(12(9)17)14-7-13-4-2/h5-7,15,17H,3-4H2,1-2H3,(H,13,14). The van der Waals surface area contributed by atoms with Gasteiger partial charge in [0.05, 0.1) is 12.0 Å². The Morgan fingerprint density at radius 1 is 1.53 bits per heavy atom. The summed E-state index contributed by atoms with van der Waals surface area (Å²) in [5.74, 6) is -0.0200. The lowest BCUT2D eigenvalue weighted by Crippen LogP contribution is -2.03. The van der Waals surface area contributed by atoms with Crippen LogP contribution in [0.3, 0.4) is 0 Å². The molecule has 0 heterocycles. The fraction of sp³-hybridized carbons (Fsp3) is 0.333. The van der Waals surface area contributed by atoms with Crippen molar-refractivity contribution in [3.05, 3.63) is 17.7 Å². The Morgan fingerprint density at radius 3 is 2.82 bits per heavy atom. The highest BCUT2D eigenvalue weighted by atomic mass is 32.1. The number of rotatable bonds is 5. The molecule has 0 aliphatic heterocycles. The monoisotopic (exact) mass is 252 g/mol. The predicted molar refractivity (Wildman–Crippen MR) is 72.6 cm³/mol. The number of aromatic hydroxyl groups is 1. The number of nitrogens with zero attached hydrogens (tertiary/aromatic N) is 1. The van der Waals surface area contributed by atoms with Crippen molar-refractivity contribution in [1.29, 1.82) is 0 Å². The predicted octanol–water partition coefficient (Wildman–Crippen LogP) is 2.73. The van der Waals surface area contributed by atoms with Crippen LogP contribution in [0.1, 0.15) is 30.6 Å². The number of aliphatic imine (C=N–C) groups is 1. The SMILES string of the molecule is CCN=CNc1cc(O)cc(C(=O)CC)c1S. The van der Waals surface area contributed by atoms with Crippen LogP contribution in [0.2, 0.25) is 0 Å². The number of nitrogens with one attached hydrogen (secondary N) is 1. The second-order valence-corrected chi connectivity index (χ2v) is 3.89. The summed E-state index contributed by atoms with van der Waals surface area (Å²) in [6, 6.07) is 2.94. The molecule has 0 saturated carbocycles. The van der Waals surface area contributed by atoms with Crippen LogP contribution in [0.5, 0.6) is 5.75 Å². The number of anilines is 1. The van der Waals surface area contributed by atoms with Crippen LogP contribution in [0.15, 0.2) is 22.0 Å². The summed E-state index contributed by atoms with van der Waals surface area (Å²) in [6.45, 7) is 4.34. The molecule has 0 aliphatic carbocycles. The molecule has 0 amide bonds. The number of thiol groups is 1. The van der Waals surface area contributed by atoms with Gasteiger partial charge in [0.1, 0.15) is 5.75 Å². The van der Waals surface area contributed by atoms with E-state index < -0.39 is 0 Å². The van der Waals surface area contributed by atoms with Crippen molar-refractivity contribution in [2.75, 3.05) is 11.9 Å². The van der Waals surface area contributed by atoms with Gasteiger partial charge in [-0.2, -0.15) is 0 Å². The Balaban J connectivity index is 3.09. The first kappa shape index (κ1) is 13.6. The summed E-state index contributed by atoms with van der Waals surface area (Å²) in [7, 11) is 0. The number of phenols is 1. The van der Waals surface area contributed by atoms with E-state index in [4.69, 9.17) is 0 Å². The van der Waals surface area contributed by atoms with E-state index in [1.54, 1.807) is 6.92 Å². The van der Waals surface area contributed by atoms with E-state index in [1.165, 1.54) is 18.5 Å². The smallest absolute Gasteiger partial charge is 0.163 e. The molecule has 0 fully saturated rings. The summed E-state index contributed by atoms with van der Waals surface area (Å²) in [5.41, 5.74) is 0.991. The largest absolute Gasteiger partial charge is 0.508 e. The maximum atomic E-state index is 11.6. The Bertz CT molecular complexity index is 444. The van der Waals surface area contributed by atoms with Gasteiger partial charge in [-0.15, -0.1) is 12.6 Å². The van der Waals surface area contributed by atoms with Crippen molar-refractivity contribution in [1.82, 2.24) is 0 Å². The molecule has 4 nitrogen and oxygen atoms in total. The average molecular weight is 252 g/mol. The molecule has 2 N–H and O–H groups in total. The first-order valence-electron chi connectivity index (χ1n) is 5.44. The van der Waals surface area contributed by atoms with Crippen LogP contribution in [0.4, 0.5) is 5.69 Å². The Kier molecular flexibility index (Phi) is 5.03. The van der Waals surface area contributed by atoms with E-state index in [0.29, 0.717) is 29.1 Å². The lowest BCUT2D eigenvalue weighted by molar-refractivity contribution is 0.0985. The van der Waals surface area contributed by atoms with E-state index in [0.717, 1.165) is 0 Å². The zero-order valence-corrected chi connectivity index (χ0v) is 10.8. The minimum Gasteiger partial charge on any atom is -0.508 e. The normalized spacial score (nSPS) is 10.8. The highest BCUT2D eigenvalue weighted by molar-refractivity contribution is 7.80. The van der Waals surface area contributed by atoms with E-state index in [9.17, 15) is 9.90 Å². The van der Waals surface area contributed by atoms with Gasteiger partial charge < -0.3 is 10.4 Å². The molecule has 5 heteroatoms. The first-order chi connectivity index (χ1) is 8.10. The number of hydrogen-bond donors (Lipinski definition) is 3. The summed E-state index contributed by atoms with van der Waals surface area (Å²) >= 11 is 4.30. The molecule has 0 radical (unpaired) electrons. The van der Waals surface area contributed by atoms with Crippen molar-refractivity contribution in [2.24, 2.45) is 4.99 Å². The quantitative estimate of drug-likeness (QED) is 0.327. The molecule has 0 saturated heterocycles. The van der Waals surface area contributed by atoms with E-state index in [-0.39, 0.29) is 11.5 Å². The topological polar surface area (TPSA) is 61.7 Å². The Labute approximate surface area is 106 Å². The number of benzene rings is 1. The van der Waals surface area contributed by atoms with E-state index in [2.05, 4.69) is 22.9 Å². The molecular formula is C12H16N2O2S. The summed E-state index contributed by atoms with van der Waals surface area (Å²) in [5, 5.41) is 12.4. The summed E-state index contributed by atoms with van der Waals surface area (Å²) in [6.07, 6.45) is 1.90. The number of ketones is 1. The Morgan fingerprint density at radius 2 is 2.24 bits per heavy atom. The third kappa shape index (κ3) is 3.49. The highest BCUT2D eigenvalue weighted by Crippen LogP contribution is 2.29. The number of phenolic OH excluding ortho intramolecular Hbond substituents is 1. The molecule has 1 aromatic carbocycles. The zero-order chi connectivity index (χ0) is 12.8. The number of hydrogen-bond acceptors (Lipinski definition) is 4. The molecule has 0 aromatic heterocycles. The Hall–Kier alpha value is -1.49. The van der Waals surface area contributed by atoms with Crippen molar-refractivity contribution >= 4 is 30.4 Å².